The number of benzene rings is 1. The summed E-state index contributed by atoms with van der Waals surface area (Å²) in [6.07, 6.45) is 1.20. The van der Waals surface area contributed by atoms with Gasteiger partial charge in [0.2, 0.25) is 5.91 Å². The van der Waals surface area contributed by atoms with Gasteiger partial charge in [0.1, 0.15) is 0 Å². The summed E-state index contributed by atoms with van der Waals surface area (Å²) in [7, 11) is 0. The van der Waals surface area contributed by atoms with E-state index in [0.717, 1.165) is 12.0 Å². The topological polar surface area (TPSA) is 40.9 Å². The van der Waals surface area contributed by atoms with Crippen molar-refractivity contribution in [2.75, 3.05) is 0 Å². The summed E-state index contributed by atoms with van der Waals surface area (Å²) in [5, 5.41) is 0. The zero-order valence-electron chi connectivity index (χ0n) is 7.13. The van der Waals surface area contributed by atoms with Gasteiger partial charge >= 0.3 is 0 Å². The van der Waals surface area contributed by atoms with Crippen molar-refractivity contribution in [1.29, 1.82) is 0 Å². The maximum atomic E-state index is 10.5. The Balaban J connectivity index is 2.79. The molecular formula is C10H12NO. The van der Waals surface area contributed by atoms with Crippen LogP contribution in [0.25, 0.3) is 0 Å². The number of nitrogens with one attached hydrogen (secondary N) is 1. The van der Waals surface area contributed by atoms with Crippen LogP contribution < -0.4 is 5.73 Å². The molecule has 0 saturated heterocycles. The molecule has 0 saturated carbocycles. The normalized spacial score (nSPS) is 9.75. The summed E-state index contributed by atoms with van der Waals surface area (Å²) in [4.78, 5) is 10.5. The third kappa shape index (κ3) is 2.38. The van der Waals surface area contributed by atoms with Gasteiger partial charge in [-0.15, -0.1) is 0 Å². The van der Waals surface area contributed by atoms with Crippen molar-refractivity contribution in [2.45, 2.75) is 19.8 Å². The van der Waals surface area contributed by atoms with Gasteiger partial charge < -0.3 is 0 Å². The van der Waals surface area contributed by atoms with Crippen LogP contribution in [0, 0.1) is 0 Å². The fourth-order valence-corrected chi connectivity index (χ4v) is 1.14. The molecule has 0 fully saturated rings. The lowest BCUT2D eigenvalue weighted by Gasteiger charge is -1.99. The van der Waals surface area contributed by atoms with E-state index in [4.69, 9.17) is 5.73 Å². The van der Waals surface area contributed by atoms with Gasteiger partial charge in [0.25, 0.3) is 0 Å². The predicted octanol–water partition coefficient (Wildman–Crippen LogP) is 1.60. The Kier molecular flexibility index (Phi) is 2.86. The van der Waals surface area contributed by atoms with Gasteiger partial charge in [-0.1, -0.05) is 31.2 Å². The molecule has 1 aromatic rings. The molecule has 2 nitrogen and oxygen atoms in total. The highest BCUT2D eigenvalue weighted by Crippen LogP contribution is 2.06. The molecule has 0 unspecified atom stereocenters. The maximum Gasteiger partial charge on any atom is 0.242 e. The van der Waals surface area contributed by atoms with Crippen LogP contribution in [0.5, 0.6) is 0 Å². The number of rotatable bonds is 3. The first-order valence-corrected chi connectivity index (χ1v) is 4.04. The van der Waals surface area contributed by atoms with Crippen molar-refractivity contribution in [3.05, 3.63) is 35.4 Å². The van der Waals surface area contributed by atoms with E-state index in [-0.39, 0.29) is 6.42 Å². The van der Waals surface area contributed by atoms with Gasteiger partial charge in [0.05, 0.1) is 6.42 Å². The molecule has 1 rings (SSSR count). The largest absolute Gasteiger partial charge is 0.273 e. The second kappa shape index (κ2) is 3.90. The highest BCUT2D eigenvalue weighted by Gasteiger charge is 1.98. The Bertz CT molecular complexity index is 281. The van der Waals surface area contributed by atoms with Gasteiger partial charge in [0.15, 0.2) is 0 Å². The quantitative estimate of drug-likeness (QED) is 0.665. The van der Waals surface area contributed by atoms with Crippen LogP contribution in [0.2, 0.25) is 0 Å². The van der Waals surface area contributed by atoms with Crippen LogP contribution in [0.1, 0.15) is 18.1 Å². The molecule has 1 aromatic carbocycles. The van der Waals surface area contributed by atoms with Gasteiger partial charge in [-0.05, 0) is 17.5 Å². The third-order valence-corrected chi connectivity index (χ3v) is 1.76. The molecular weight excluding hydrogens is 150 g/mol. The summed E-state index contributed by atoms with van der Waals surface area (Å²) in [6, 6.07) is 7.81. The molecule has 1 amide bonds. The van der Waals surface area contributed by atoms with Crippen LogP contribution in [0.3, 0.4) is 0 Å². The van der Waals surface area contributed by atoms with Crippen LogP contribution >= 0.6 is 0 Å². The van der Waals surface area contributed by atoms with E-state index in [1.807, 2.05) is 24.3 Å². The van der Waals surface area contributed by atoms with Crippen molar-refractivity contribution in [3.8, 4) is 0 Å². The van der Waals surface area contributed by atoms with Crippen LogP contribution in [-0.2, 0) is 17.6 Å². The van der Waals surface area contributed by atoms with E-state index < -0.39 is 5.91 Å². The standard InChI is InChI=1S/C10H12NO/c1-2-8-4-3-5-9(6-8)7-10(11)12/h3-6,11H,2,7H2,1H3. The van der Waals surface area contributed by atoms with E-state index in [1.165, 1.54) is 5.56 Å². The summed E-state index contributed by atoms with van der Waals surface area (Å²) < 4.78 is 0. The number of amides is 1. The Morgan fingerprint density at radius 3 is 2.67 bits per heavy atom. The molecule has 1 N–H and O–H groups in total. The van der Waals surface area contributed by atoms with Crippen molar-refractivity contribution in [2.24, 2.45) is 0 Å². The Labute approximate surface area is 72.4 Å². The number of hydrogen-bond acceptors (Lipinski definition) is 1. The highest BCUT2D eigenvalue weighted by molar-refractivity contribution is 5.75. The fraction of sp³-hybridized carbons (Fsp3) is 0.300. The molecule has 0 atom stereocenters. The van der Waals surface area contributed by atoms with Gasteiger partial charge in [-0.25, -0.2) is 0 Å². The maximum absolute atomic E-state index is 10.5. The molecule has 1 radical (unpaired) electrons. The van der Waals surface area contributed by atoms with Crippen LogP contribution in [0.4, 0.5) is 0 Å². The molecule has 0 aromatic heterocycles. The number of carbonyl (C=O) groups excluding carboxylic acids is 1. The van der Waals surface area contributed by atoms with E-state index in [9.17, 15) is 4.79 Å². The zero-order chi connectivity index (χ0) is 8.97. The van der Waals surface area contributed by atoms with E-state index in [2.05, 4.69) is 6.92 Å². The smallest absolute Gasteiger partial charge is 0.242 e. The average Bonchev–Trinajstić information content (AvgIpc) is 2.03. The first-order chi connectivity index (χ1) is 5.72. The minimum Gasteiger partial charge on any atom is -0.273 e. The second-order valence-corrected chi connectivity index (χ2v) is 2.77. The van der Waals surface area contributed by atoms with Gasteiger partial charge in [-0.3, -0.25) is 10.5 Å². The Hall–Kier alpha value is -1.31. The Morgan fingerprint density at radius 1 is 1.42 bits per heavy atom. The zero-order valence-corrected chi connectivity index (χ0v) is 7.13. The van der Waals surface area contributed by atoms with E-state index in [1.54, 1.807) is 0 Å². The summed E-state index contributed by atoms with van der Waals surface area (Å²) in [6.45, 7) is 2.07. The SMILES string of the molecule is CCc1cccc(CC([NH])=O)c1. The monoisotopic (exact) mass is 162 g/mol. The molecule has 0 aliphatic carbocycles. The Morgan fingerprint density at radius 2 is 2.08 bits per heavy atom. The molecule has 63 valence electrons. The summed E-state index contributed by atoms with van der Waals surface area (Å²) in [5.41, 5.74) is 8.96. The average molecular weight is 162 g/mol. The molecule has 2 heteroatoms. The van der Waals surface area contributed by atoms with Gasteiger partial charge in [0, 0.05) is 0 Å². The first kappa shape index (κ1) is 8.78. The van der Waals surface area contributed by atoms with E-state index >= 15 is 0 Å². The van der Waals surface area contributed by atoms with Crippen molar-refractivity contribution < 1.29 is 4.79 Å². The van der Waals surface area contributed by atoms with E-state index in [0.29, 0.717) is 0 Å². The minimum atomic E-state index is -0.525. The molecule has 0 heterocycles. The van der Waals surface area contributed by atoms with Gasteiger partial charge in [-0.2, -0.15) is 0 Å². The van der Waals surface area contributed by atoms with Crippen molar-refractivity contribution in [3.63, 3.8) is 0 Å². The van der Waals surface area contributed by atoms with Crippen molar-refractivity contribution in [1.82, 2.24) is 5.73 Å². The molecule has 0 aliphatic heterocycles. The number of aryl methyl sites for hydroxylation is 1. The highest BCUT2D eigenvalue weighted by atomic mass is 16.1. The second-order valence-electron chi connectivity index (χ2n) is 2.77. The first-order valence-electron chi connectivity index (χ1n) is 4.04. The van der Waals surface area contributed by atoms with Crippen molar-refractivity contribution >= 4 is 5.91 Å². The minimum absolute atomic E-state index is 0.230. The lowest BCUT2D eigenvalue weighted by atomic mass is 10.1. The molecule has 0 aliphatic rings. The van der Waals surface area contributed by atoms with Crippen LogP contribution in [0.15, 0.2) is 24.3 Å². The predicted molar refractivity (Wildman–Crippen MR) is 47.6 cm³/mol. The lowest BCUT2D eigenvalue weighted by molar-refractivity contribution is -0.118. The summed E-state index contributed by atoms with van der Waals surface area (Å²) >= 11 is 0. The molecule has 12 heavy (non-hydrogen) atoms. The fourth-order valence-electron chi connectivity index (χ4n) is 1.14. The molecule has 0 spiro atoms. The van der Waals surface area contributed by atoms with Crippen LogP contribution in [-0.4, -0.2) is 5.91 Å². The lowest BCUT2D eigenvalue weighted by Crippen LogP contribution is -2.02. The number of hydrogen-bond donors (Lipinski definition) is 0. The third-order valence-electron chi connectivity index (χ3n) is 1.76. The number of carbonyl (C=O) groups is 1. The molecule has 0 bridgehead atoms. The summed E-state index contributed by atoms with van der Waals surface area (Å²) in [5.74, 6) is -0.525.